The molecule has 97 heavy (non-hydrogen) atoms. The summed E-state index contributed by atoms with van der Waals surface area (Å²) in [6.07, 6.45) is 1.25. The van der Waals surface area contributed by atoms with Crippen LogP contribution in [0, 0.1) is 51.0 Å². The van der Waals surface area contributed by atoms with E-state index in [1.54, 1.807) is 87.5 Å². The number of furan rings is 4. The molecule has 0 saturated heterocycles. The lowest BCUT2D eigenvalue weighted by Crippen LogP contribution is -2.22. The van der Waals surface area contributed by atoms with Crippen molar-refractivity contribution in [2.75, 3.05) is 54.4 Å². The molecule has 8 heterocycles. The molecule has 502 valence electrons. The number of aryl methyl sites for hydroxylation is 4. The van der Waals surface area contributed by atoms with Gasteiger partial charge in [0.1, 0.15) is 46.3 Å². The van der Waals surface area contributed by atoms with Gasteiger partial charge in [0.25, 0.3) is 23.6 Å². The molecule has 24 heteroatoms. The van der Waals surface area contributed by atoms with Crippen molar-refractivity contribution < 1.29 is 94.0 Å². The summed E-state index contributed by atoms with van der Waals surface area (Å²) >= 11 is 0. The molecule has 1 atom stereocenters. The van der Waals surface area contributed by atoms with Gasteiger partial charge in [-0.05, 0) is 151 Å². The molecule has 4 N–H and O–H groups in total. The molecule has 4 aromatic heterocycles. The van der Waals surface area contributed by atoms with Crippen LogP contribution in [-0.2, 0) is 38.4 Å². The van der Waals surface area contributed by atoms with Gasteiger partial charge in [0, 0.05) is 53.4 Å². The number of aliphatic hydroxyl groups is 4. The fourth-order valence-electron chi connectivity index (χ4n) is 10.9. The first kappa shape index (κ1) is 69.8. The number of rotatable bonds is 16. The van der Waals surface area contributed by atoms with Crippen molar-refractivity contribution in [3.63, 3.8) is 0 Å². The van der Waals surface area contributed by atoms with Crippen LogP contribution in [-0.4, -0.2) is 141 Å². The van der Waals surface area contributed by atoms with Crippen molar-refractivity contribution in [1.29, 1.82) is 0 Å². The molecular weight excluding hydrogens is 1260 g/mol. The minimum absolute atomic E-state index is 0.0287. The monoisotopic (exact) mass is 1330 g/mol. The zero-order valence-electron chi connectivity index (χ0n) is 54.1. The Morgan fingerprint density at radius 1 is 0.412 bits per heavy atom. The molecule has 0 radical (unpaired) electrons. The summed E-state index contributed by atoms with van der Waals surface area (Å²) < 4.78 is 74.9. The van der Waals surface area contributed by atoms with Crippen LogP contribution in [0.3, 0.4) is 0 Å². The van der Waals surface area contributed by atoms with E-state index in [1.165, 1.54) is 102 Å². The number of ketones is 4. The van der Waals surface area contributed by atoms with E-state index in [1.807, 2.05) is 13.8 Å². The fourth-order valence-corrected chi connectivity index (χ4v) is 10.9. The zero-order chi connectivity index (χ0) is 70.6. The lowest BCUT2D eigenvalue weighted by atomic mass is 9.96. The summed E-state index contributed by atoms with van der Waals surface area (Å²) in [5, 5.41) is 39.1. The van der Waals surface area contributed by atoms with Crippen LogP contribution in [0.2, 0.25) is 0 Å². The molecule has 0 spiro atoms. The largest absolute Gasteiger partial charge is 0.503 e. The first-order chi connectivity index (χ1) is 45.9. The number of amides is 4. The third-order valence-corrected chi connectivity index (χ3v) is 16.5. The van der Waals surface area contributed by atoms with Crippen LogP contribution in [0.25, 0.3) is 0 Å². The van der Waals surface area contributed by atoms with Gasteiger partial charge in [-0.2, -0.15) is 0 Å². The number of carbonyl (C=O) groups is 8. The number of carbonyl (C=O) groups excluding carboxylic acids is 8. The highest BCUT2D eigenvalue weighted by Gasteiger charge is 2.37. The molecule has 4 aliphatic heterocycles. The lowest BCUT2D eigenvalue weighted by Gasteiger charge is -2.10. The first-order valence-corrected chi connectivity index (χ1v) is 30.1. The predicted octanol–water partition coefficient (Wildman–Crippen LogP) is 11.7. The Balaban J connectivity index is 0.000000152. The van der Waals surface area contributed by atoms with Gasteiger partial charge in [0.2, 0.25) is 23.1 Å². The maximum absolute atomic E-state index is 13.3. The number of likely N-dealkylation sites (N-methyl/N-ethyl adjacent to an activating group) is 4. The normalized spacial score (nSPS) is 14.9. The Morgan fingerprint density at radius 3 is 1.25 bits per heavy atom. The van der Waals surface area contributed by atoms with Gasteiger partial charge >= 0.3 is 0 Å². The van der Waals surface area contributed by atoms with Gasteiger partial charge < -0.3 is 57.7 Å². The van der Waals surface area contributed by atoms with E-state index in [4.69, 9.17) is 17.7 Å². The van der Waals surface area contributed by atoms with Crippen LogP contribution in [0.15, 0.2) is 184 Å². The smallest absolute Gasteiger partial charge is 0.289 e. The van der Waals surface area contributed by atoms with E-state index in [-0.39, 0.29) is 101 Å². The standard InChI is InChI=1S/C19H18FNO4.3C18H16FNO4/c1-10-8-15(16(22)14-9-21(3)19(24)17(14)23)25-18(10)11(2)12-4-6-13(20)7-5-12;1-10-7-11(3-5-14(10)19)8-12-4-6-15(24-12)16(21)13-9-20(2)18(23)17(13)22;1-10-7-15(16(21)13-9-20(2)18(23)17(13)22)24-14(10)8-11-3-5-12(19)6-4-11;1-10-7-12(19)4-3-11(10)8-13-5-6-15(24-13)16(21)14-9-20(2)18(23)17(14)22/h4-8,11,23H,9H2,1-3H3;3*3-7,22H,8-9H2,1-2H3. The third-order valence-electron chi connectivity index (χ3n) is 16.5. The Kier molecular flexibility index (Phi) is 20.8. The summed E-state index contributed by atoms with van der Waals surface area (Å²) in [7, 11) is 6.02. The van der Waals surface area contributed by atoms with Crippen LogP contribution >= 0.6 is 0 Å². The topological polar surface area (TPSA) is 283 Å². The Morgan fingerprint density at radius 2 is 0.814 bits per heavy atom. The first-order valence-electron chi connectivity index (χ1n) is 30.1. The Labute approximate surface area is 552 Å². The van der Waals surface area contributed by atoms with Gasteiger partial charge in [-0.3, -0.25) is 38.4 Å². The van der Waals surface area contributed by atoms with Crippen LogP contribution in [0.5, 0.6) is 0 Å². The van der Waals surface area contributed by atoms with Gasteiger partial charge in [0.05, 0.1) is 48.5 Å². The summed E-state index contributed by atoms with van der Waals surface area (Å²) in [5.41, 5.74) is 6.47. The number of Topliss-reactive ketones (excluding diaryl/α,β-unsaturated/α-hetero) is 4. The van der Waals surface area contributed by atoms with Crippen molar-refractivity contribution in [3.8, 4) is 0 Å². The molecule has 0 saturated carbocycles. The molecule has 8 aromatic rings. The minimum Gasteiger partial charge on any atom is -0.503 e. The van der Waals surface area contributed by atoms with E-state index < -0.39 is 69.8 Å². The highest BCUT2D eigenvalue weighted by molar-refractivity contribution is 6.16. The molecule has 20 nitrogen and oxygen atoms in total. The van der Waals surface area contributed by atoms with Crippen molar-refractivity contribution in [1.82, 2.24) is 19.6 Å². The average molecular weight is 1330 g/mol. The zero-order valence-corrected chi connectivity index (χ0v) is 54.1. The Hall–Kier alpha value is -11.6. The number of hydrogen-bond acceptors (Lipinski definition) is 16. The number of halogens is 4. The second kappa shape index (κ2) is 29.0. The number of aliphatic hydroxyl groups excluding tert-OH is 4. The average Bonchev–Trinajstić information content (AvgIpc) is 1.83. The second-order valence-electron chi connectivity index (χ2n) is 23.8. The van der Waals surface area contributed by atoms with E-state index in [2.05, 4.69) is 0 Å². The van der Waals surface area contributed by atoms with Crippen molar-refractivity contribution in [2.24, 2.45) is 0 Å². The molecule has 0 fully saturated rings. The molecule has 4 aliphatic rings. The van der Waals surface area contributed by atoms with Gasteiger partial charge in [-0.25, -0.2) is 17.6 Å². The summed E-state index contributed by atoms with van der Waals surface area (Å²) in [6.45, 7) is 9.21. The molecule has 4 amide bonds. The fraction of sp³-hybridized carbons (Fsp3) is 0.233. The maximum Gasteiger partial charge on any atom is 0.289 e. The minimum atomic E-state index is -0.577. The molecular formula is C73H66F4N4O16. The molecule has 0 aliphatic carbocycles. The summed E-state index contributed by atoms with van der Waals surface area (Å²) in [6, 6.07) is 30.9. The SMILES string of the molecule is Cc1cc(C(=O)C2=C(O)C(=O)N(C)C2)oc1C(C)c1ccc(F)cc1.Cc1cc(C(=O)C2=C(O)C(=O)N(C)C2)oc1Cc1ccc(F)cc1.Cc1cc(Cc2ccc(C(=O)C3=C(O)C(=O)N(C)C3)o2)ccc1F.Cc1cc(F)ccc1Cc1ccc(C(=O)C2=C(O)C(=O)N(C)C2)o1. The maximum atomic E-state index is 13.3. The van der Waals surface area contributed by atoms with Crippen molar-refractivity contribution >= 4 is 46.8 Å². The van der Waals surface area contributed by atoms with Crippen LogP contribution < -0.4 is 0 Å². The summed E-state index contributed by atoms with van der Waals surface area (Å²) in [4.78, 5) is 101. The highest BCUT2D eigenvalue weighted by atomic mass is 19.1. The van der Waals surface area contributed by atoms with Crippen LogP contribution in [0.1, 0.15) is 123 Å². The molecule has 0 bridgehead atoms. The van der Waals surface area contributed by atoms with Gasteiger partial charge in [0.15, 0.2) is 46.1 Å². The summed E-state index contributed by atoms with van der Waals surface area (Å²) in [5.74, 6) is -5.29. The van der Waals surface area contributed by atoms with Crippen LogP contribution in [0.4, 0.5) is 17.6 Å². The highest BCUT2D eigenvalue weighted by Crippen LogP contribution is 2.33. The number of nitrogens with zero attached hydrogens (tertiary/aromatic N) is 4. The van der Waals surface area contributed by atoms with E-state index in [9.17, 15) is 76.3 Å². The van der Waals surface area contributed by atoms with E-state index >= 15 is 0 Å². The van der Waals surface area contributed by atoms with E-state index in [0.29, 0.717) is 47.9 Å². The van der Waals surface area contributed by atoms with Gasteiger partial charge in [-0.1, -0.05) is 49.4 Å². The molecule has 12 rings (SSSR count). The van der Waals surface area contributed by atoms with Gasteiger partial charge in [-0.15, -0.1) is 0 Å². The quantitative estimate of drug-likeness (QED) is 0.0517. The Bertz CT molecular complexity index is 4620. The van der Waals surface area contributed by atoms with Crippen molar-refractivity contribution in [3.05, 3.63) is 281 Å². The number of hydrogen-bond donors (Lipinski definition) is 4. The lowest BCUT2D eigenvalue weighted by molar-refractivity contribution is -0.127. The second-order valence-corrected chi connectivity index (χ2v) is 23.8. The molecule has 1 unspecified atom stereocenters. The third kappa shape index (κ3) is 15.5. The number of benzene rings is 4. The molecule has 4 aromatic carbocycles. The van der Waals surface area contributed by atoms with Crippen molar-refractivity contribution in [2.45, 2.75) is 59.8 Å². The predicted molar refractivity (Wildman–Crippen MR) is 342 cm³/mol. The van der Waals surface area contributed by atoms with E-state index in [0.717, 1.165) is 38.9 Å².